The Balaban J connectivity index is 2.21. The molecule has 98 valence electrons. The molecule has 0 bridgehead atoms. The van der Waals surface area contributed by atoms with E-state index in [1.54, 1.807) is 24.3 Å². The highest BCUT2D eigenvalue weighted by Crippen LogP contribution is 2.21. The van der Waals surface area contributed by atoms with E-state index in [0.717, 1.165) is 5.69 Å². The molecule has 4 heteroatoms. The van der Waals surface area contributed by atoms with Crippen molar-refractivity contribution >= 4 is 5.78 Å². The summed E-state index contributed by atoms with van der Waals surface area (Å²) in [5.41, 5.74) is 1.64. The summed E-state index contributed by atoms with van der Waals surface area (Å²) in [5, 5.41) is 0. The largest absolute Gasteiger partial charge is 0.494 e. The van der Waals surface area contributed by atoms with Crippen LogP contribution in [0.15, 0.2) is 36.5 Å². The maximum atomic E-state index is 13.9. The maximum Gasteiger partial charge on any atom is 0.168 e. The lowest BCUT2D eigenvalue weighted by atomic mass is 10.0. The van der Waals surface area contributed by atoms with Crippen LogP contribution in [-0.2, 0) is 6.42 Å². The summed E-state index contributed by atoms with van der Waals surface area (Å²) < 4.78 is 18.8. The van der Waals surface area contributed by atoms with Crippen LogP contribution in [0.25, 0.3) is 0 Å². The third-order valence-corrected chi connectivity index (χ3v) is 2.85. The summed E-state index contributed by atoms with van der Waals surface area (Å²) in [6.07, 6.45) is 1.50. The molecule has 1 heterocycles. The molecule has 2 rings (SSSR count). The van der Waals surface area contributed by atoms with E-state index in [2.05, 4.69) is 4.98 Å². The van der Waals surface area contributed by atoms with Crippen molar-refractivity contribution in [2.45, 2.75) is 13.3 Å². The zero-order valence-electron chi connectivity index (χ0n) is 10.8. The minimum Gasteiger partial charge on any atom is -0.494 e. The summed E-state index contributed by atoms with van der Waals surface area (Å²) in [6, 6.07) is 8.23. The molecule has 1 aromatic carbocycles. The molecule has 0 spiro atoms. The lowest BCUT2D eigenvalue weighted by Crippen LogP contribution is -2.06. The van der Waals surface area contributed by atoms with Gasteiger partial charge in [-0.25, -0.2) is 4.39 Å². The van der Waals surface area contributed by atoms with Gasteiger partial charge in [0.15, 0.2) is 17.3 Å². The lowest BCUT2D eigenvalue weighted by Gasteiger charge is -2.07. The number of carbonyl (C=O) groups excluding carboxylic acids is 1. The predicted molar refractivity (Wildman–Crippen MR) is 70.0 cm³/mol. The fraction of sp³-hybridized carbons (Fsp3) is 0.200. The molecule has 0 aliphatic rings. The molecule has 0 unspecified atom stereocenters. The van der Waals surface area contributed by atoms with Gasteiger partial charge < -0.3 is 4.74 Å². The molecular weight excluding hydrogens is 245 g/mol. The summed E-state index contributed by atoms with van der Waals surface area (Å²) >= 11 is 0. The second kappa shape index (κ2) is 5.61. The van der Waals surface area contributed by atoms with E-state index in [9.17, 15) is 9.18 Å². The van der Waals surface area contributed by atoms with Gasteiger partial charge in [-0.2, -0.15) is 0 Å². The van der Waals surface area contributed by atoms with Crippen molar-refractivity contribution < 1.29 is 13.9 Å². The third kappa shape index (κ3) is 2.96. The Morgan fingerprint density at radius 1 is 1.32 bits per heavy atom. The first-order chi connectivity index (χ1) is 9.11. The van der Waals surface area contributed by atoms with Crippen LogP contribution in [0.1, 0.15) is 21.6 Å². The van der Waals surface area contributed by atoms with Gasteiger partial charge in [-0.3, -0.25) is 9.78 Å². The van der Waals surface area contributed by atoms with Gasteiger partial charge in [0.1, 0.15) is 0 Å². The van der Waals surface area contributed by atoms with E-state index in [-0.39, 0.29) is 18.0 Å². The number of nitrogens with zero attached hydrogens (tertiary/aromatic N) is 1. The first-order valence-corrected chi connectivity index (χ1v) is 5.89. The van der Waals surface area contributed by atoms with Crippen molar-refractivity contribution in [1.82, 2.24) is 4.98 Å². The van der Waals surface area contributed by atoms with Crippen molar-refractivity contribution in [1.29, 1.82) is 0 Å². The molecule has 0 aliphatic carbocycles. The quantitative estimate of drug-likeness (QED) is 0.792. The first-order valence-electron chi connectivity index (χ1n) is 5.89. The molecule has 3 nitrogen and oxygen atoms in total. The number of Topliss-reactive ketones (excluding diaryl/α,β-unsaturated/α-hetero) is 1. The first kappa shape index (κ1) is 13.2. The lowest BCUT2D eigenvalue weighted by molar-refractivity contribution is 0.0991. The number of hydrogen-bond acceptors (Lipinski definition) is 3. The molecule has 0 saturated heterocycles. The Bertz CT molecular complexity index is 594. The summed E-state index contributed by atoms with van der Waals surface area (Å²) in [4.78, 5) is 16.1. The Labute approximate surface area is 111 Å². The average molecular weight is 259 g/mol. The van der Waals surface area contributed by atoms with Gasteiger partial charge in [-0.15, -0.1) is 0 Å². The van der Waals surface area contributed by atoms with E-state index in [1.807, 2.05) is 6.92 Å². The van der Waals surface area contributed by atoms with Gasteiger partial charge in [0, 0.05) is 23.9 Å². The molecule has 0 aliphatic heterocycles. The highest BCUT2D eigenvalue weighted by Gasteiger charge is 2.13. The van der Waals surface area contributed by atoms with Crippen molar-refractivity contribution in [3.05, 3.63) is 59.2 Å². The summed E-state index contributed by atoms with van der Waals surface area (Å²) in [5.74, 6) is -0.509. The smallest absolute Gasteiger partial charge is 0.168 e. The standard InChI is InChI=1S/C15H14FNO2/c1-10-6-7-12(9-17-10)13(18)8-11-4-3-5-14(19-2)15(11)16/h3-7,9H,8H2,1-2H3. The number of ether oxygens (including phenoxy) is 1. The van der Waals surface area contributed by atoms with E-state index in [1.165, 1.54) is 19.4 Å². The van der Waals surface area contributed by atoms with Gasteiger partial charge in [0.2, 0.25) is 0 Å². The molecule has 0 fully saturated rings. The SMILES string of the molecule is COc1cccc(CC(=O)c2ccc(C)nc2)c1F. The Morgan fingerprint density at radius 3 is 2.74 bits per heavy atom. The molecule has 19 heavy (non-hydrogen) atoms. The molecule has 1 aromatic heterocycles. The number of methoxy groups -OCH3 is 1. The van der Waals surface area contributed by atoms with E-state index in [0.29, 0.717) is 11.1 Å². The number of hydrogen-bond donors (Lipinski definition) is 0. The predicted octanol–water partition coefficient (Wildman–Crippen LogP) is 2.96. The summed E-state index contributed by atoms with van der Waals surface area (Å²) in [7, 11) is 1.40. The van der Waals surface area contributed by atoms with Crippen LogP contribution in [0, 0.1) is 12.7 Å². The fourth-order valence-electron chi connectivity index (χ4n) is 1.76. The van der Waals surface area contributed by atoms with Crippen LogP contribution < -0.4 is 4.74 Å². The third-order valence-electron chi connectivity index (χ3n) is 2.85. The minimum atomic E-state index is -0.488. The second-order valence-electron chi connectivity index (χ2n) is 4.22. The number of halogens is 1. The normalized spacial score (nSPS) is 10.3. The van der Waals surface area contributed by atoms with Gasteiger partial charge >= 0.3 is 0 Å². The molecule has 0 atom stereocenters. The molecule has 0 saturated carbocycles. The van der Waals surface area contributed by atoms with Crippen molar-refractivity contribution in [2.24, 2.45) is 0 Å². The molecule has 0 N–H and O–H groups in total. The van der Waals surface area contributed by atoms with Crippen molar-refractivity contribution in [2.75, 3.05) is 7.11 Å². The van der Waals surface area contributed by atoms with Crippen LogP contribution in [0.4, 0.5) is 4.39 Å². The van der Waals surface area contributed by atoms with Gasteiger partial charge in [-0.05, 0) is 30.7 Å². The van der Waals surface area contributed by atoms with E-state index >= 15 is 0 Å². The van der Waals surface area contributed by atoms with Crippen LogP contribution >= 0.6 is 0 Å². The van der Waals surface area contributed by atoms with Gasteiger partial charge in [0.25, 0.3) is 0 Å². The molecule has 0 amide bonds. The average Bonchev–Trinajstić information content (AvgIpc) is 2.42. The Morgan fingerprint density at radius 2 is 2.11 bits per heavy atom. The number of benzene rings is 1. The zero-order valence-corrected chi connectivity index (χ0v) is 10.8. The minimum absolute atomic E-state index is 0.00618. The van der Waals surface area contributed by atoms with Crippen LogP contribution in [0.2, 0.25) is 0 Å². The van der Waals surface area contributed by atoms with E-state index in [4.69, 9.17) is 4.74 Å². The van der Waals surface area contributed by atoms with Gasteiger partial charge in [0.05, 0.1) is 7.11 Å². The molecule has 2 aromatic rings. The highest BCUT2D eigenvalue weighted by molar-refractivity contribution is 5.97. The zero-order chi connectivity index (χ0) is 13.8. The van der Waals surface area contributed by atoms with Crippen LogP contribution in [0.5, 0.6) is 5.75 Å². The maximum absolute atomic E-state index is 13.9. The molecular formula is C15H14FNO2. The Hall–Kier alpha value is -2.23. The fourth-order valence-corrected chi connectivity index (χ4v) is 1.76. The number of aryl methyl sites for hydroxylation is 1. The number of carbonyl (C=O) groups is 1. The monoisotopic (exact) mass is 259 g/mol. The van der Waals surface area contributed by atoms with Crippen molar-refractivity contribution in [3.63, 3.8) is 0 Å². The summed E-state index contributed by atoms with van der Waals surface area (Å²) in [6.45, 7) is 1.84. The number of ketones is 1. The highest BCUT2D eigenvalue weighted by atomic mass is 19.1. The number of pyridine rings is 1. The van der Waals surface area contributed by atoms with Gasteiger partial charge in [-0.1, -0.05) is 12.1 Å². The topological polar surface area (TPSA) is 39.2 Å². The number of aromatic nitrogens is 1. The molecule has 0 radical (unpaired) electrons. The second-order valence-corrected chi connectivity index (χ2v) is 4.22. The van der Waals surface area contributed by atoms with Crippen LogP contribution in [0.3, 0.4) is 0 Å². The van der Waals surface area contributed by atoms with Crippen LogP contribution in [-0.4, -0.2) is 17.9 Å². The number of rotatable bonds is 4. The van der Waals surface area contributed by atoms with E-state index < -0.39 is 5.82 Å². The van der Waals surface area contributed by atoms with Crippen molar-refractivity contribution in [3.8, 4) is 5.75 Å². The Kier molecular flexibility index (Phi) is 3.90.